The normalized spacial score (nSPS) is 15.8. The lowest BCUT2D eigenvalue weighted by Gasteiger charge is -2.18. The molecule has 0 amide bonds. The van der Waals surface area contributed by atoms with Crippen molar-refractivity contribution in [2.75, 3.05) is 11.9 Å². The molecule has 0 aromatic carbocycles. The van der Waals surface area contributed by atoms with Gasteiger partial charge in [0.25, 0.3) is 0 Å². The van der Waals surface area contributed by atoms with E-state index in [4.69, 9.17) is 0 Å². The van der Waals surface area contributed by atoms with Crippen molar-refractivity contribution in [2.45, 2.75) is 27.2 Å². The van der Waals surface area contributed by atoms with Crippen molar-refractivity contribution in [1.29, 1.82) is 0 Å². The van der Waals surface area contributed by atoms with Crippen molar-refractivity contribution in [3.05, 3.63) is 40.5 Å². The summed E-state index contributed by atoms with van der Waals surface area (Å²) in [4.78, 5) is 31.7. The SMILES string of the molecule is CC1=C(C)C(=O)C(CCNc2ncc(F)cn2)=C(C)C1=O. The van der Waals surface area contributed by atoms with Crippen LogP contribution < -0.4 is 5.32 Å². The monoisotopic (exact) mass is 289 g/mol. The number of halogens is 1. The first-order valence-corrected chi connectivity index (χ1v) is 6.60. The van der Waals surface area contributed by atoms with Gasteiger partial charge in [-0.15, -0.1) is 0 Å². The Balaban J connectivity index is 2.04. The van der Waals surface area contributed by atoms with Gasteiger partial charge in [-0.2, -0.15) is 0 Å². The van der Waals surface area contributed by atoms with Crippen LogP contribution in [0.2, 0.25) is 0 Å². The lowest BCUT2D eigenvalue weighted by Crippen LogP contribution is -2.22. The number of ketones is 2. The van der Waals surface area contributed by atoms with Gasteiger partial charge in [-0.25, -0.2) is 14.4 Å². The van der Waals surface area contributed by atoms with Gasteiger partial charge in [-0.1, -0.05) is 0 Å². The molecule has 0 bridgehead atoms. The molecule has 1 heterocycles. The summed E-state index contributed by atoms with van der Waals surface area (Å²) in [6, 6.07) is 0. The Morgan fingerprint density at radius 1 is 1.00 bits per heavy atom. The molecular weight excluding hydrogens is 273 g/mol. The maximum Gasteiger partial charge on any atom is 0.222 e. The van der Waals surface area contributed by atoms with Crippen LogP contribution in [0, 0.1) is 5.82 Å². The second kappa shape index (κ2) is 5.95. The molecule has 1 aliphatic rings. The molecule has 0 spiro atoms. The average molecular weight is 289 g/mol. The summed E-state index contributed by atoms with van der Waals surface area (Å²) in [5.41, 5.74) is 2.01. The molecule has 1 N–H and O–H groups in total. The smallest absolute Gasteiger partial charge is 0.222 e. The second-order valence-electron chi connectivity index (χ2n) is 4.91. The van der Waals surface area contributed by atoms with Gasteiger partial charge in [0, 0.05) is 28.8 Å². The third-order valence-corrected chi connectivity index (χ3v) is 3.59. The minimum atomic E-state index is -0.511. The highest BCUT2D eigenvalue weighted by molar-refractivity contribution is 6.24. The van der Waals surface area contributed by atoms with Gasteiger partial charge in [0.05, 0.1) is 12.4 Å². The maximum atomic E-state index is 12.7. The van der Waals surface area contributed by atoms with Crippen LogP contribution in [0.25, 0.3) is 0 Å². The van der Waals surface area contributed by atoms with Crippen molar-refractivity contribution in [3.63, 3.8) is 0 Å². The molecule has 0 fully saturated rings. The highest BCUT2D eigenvalue weighted by Crippen LogP contribution is 2.25. The Hall–Kier alpha value is -2.37. The van der Waals surface area contributed by atoms with E-state index in [9.17, 15) is 14.0 Å². The number of nitrogens with one attached hydrogen (secondary N) is 1. The van der Waals surface area contributed by atoms with Crippen LogP contribution in [0.3, 0.4) is 0 Å². The number of aromatic nitrogens is 2. The number of nitrogens with zero attached hydrogens (tertiary/aromatic N) is 2. The fraction of sp³-hybridized carbons (Fsp3) is 0.333. The molecule has 0 unspecified atom stereocenters. The largest absolute Gasteiger partial charge is 0.354 e. The summed E-state index contributed by atoms with van der Waals surface area (Å²) >= 11 is 0. The molecule has 0 atom stereocenters. The summed E-state index contributed by atoms with van der Waals surface area (Å²) < 4.78 is 12.7. The number of rotatable bonds is 4. The van der Waals surface area contributed by atoms with Crippen LogP contribution in [0.4, 0.5) is 10.3 Å². The number of allylic oxidation sites excluding steroid dienone is 3. The van der Waals surface area contributed by atoms with E-state index in [0.717, 1.165) is 12.4 Å². The predicted octanol–water partition coefficient (Wildman–Crippen LogP) is 2.22. The first kappa shape index (κ1) is 15.0. The highest BCUT2D eigenvalue weighted by atomic mass is 19.1. The van der Waals surface area contributed by atoms with Crippen molar-refractivity contribution < 1.29 is 14.0 Å². The fourth-order valence-corrected chi connectivity index (χ4v) is 2.16. The molecule has 1 aromatic heterocycles. The summed E-state index contributed by atoms with van der Waals surface area (Å²) in [6.45, 7) is 5.39. The average Bonchev–Trinajstić information content (AvgIpc) is 2.48. The third-order valence-electron chi connectivity index (χ3n) is 3.59. The van der Waals surface area contributed by atoms with Crippen LogP contribution in [0.1, 0.15) is 27.2 Å². The zero-order valence-electron chi connectivity index (χ0n) is 12.2. The van der Waals surface area contributed by atoms with E-state index in [1.807, 2.05) is 0 Å². The van der Waals surface area contributed by atoms with Gasteiger partial charge < -0.3 is 5.32 Å². The topological polar surface area (TPSA) is 72.0 Å². The molecule has 0 radical (unpaired) electrons. The van der Waals surface area contributed by atoms with E-state index >= 15 is 0 Å². The Morgan fingerprint density at radius 3 is 2.19 bits per heavy atom. The van der Waals surface area contributed by atoms with Crippen LogP contribution >= 0.6 is 0 Å². The number of carbonyl (C=O) groups is 2. The molecule has 0 saturated heterocycles. The van der Waals surface area contributed by atoms with Crippen molar-refractivity contribution in [1.82, 2.24) is 9.97 Å². The quantitative estimate of drug-likeness (QED) is 0.860. The molecule has 0 saturated carbocycles. The number of anilines is 1. The molecule has 1 aromatic rings. The number of carbonyl (C=O) groups excluding carboxylic acids is 2. The molecule has 6 heteroatoms. The van der Waals surface area contributed by atoms with Crippen LogP contribution in [-0.4, -0.2) is 28.1 Å². The Labute approximate surface area is 122 Å². The summed E-state index contributed by atoms with van der Waals surface area (Å²) in [5.74, 6) is -0.400. The Morgan fingerprint density at radius 2 is 1.57 bits per heavy atom. The molecule has 0 aliphatic heterocycles. The minimum absolute atomic E-state index is 0.0832. The first-order chi connectivity index (χ1) is 9.91. The number of hydrogen-bond donors (Lipinski definition) is 1. The van der Waals surface area contributed by atoms with Crippen LogP contribution in [-0.2, 0) is 9.59 Å². The van der Waals surface area contributed by atoms with Gasteiger partial charge in [-0.05, 0) is 27.2 Å². The van der Waals surface area contributed by atoms with Crippen molar-refractivity contribution in [2.24, 2.45) is 0 Å². The predicted molar refractivity (Wildman–Crippen MR) is 76.2 cm³/mol. The molecule has 5 nitrogen and oxygen atoms in total. The van der Waals surface area contributed by atoms with Gasteiger partial charge in [-0.3, -0.25) is 9.59 Å². The standard InChI is InChI=1S/C15H16FN3O2/c1-8-9(2)14(21)12(10(3)13(8)20)4-5-17-15-18-6-11(16)7-19-15/h6-7H,4-5H2,1-3H3,(H,17,18,19). The molecule has 2 rings (SSSR count). The van der Waals surface area contributed by atoms with E-state index in [2.05, 4.69) is 15.3 Å². The maximum absolute atomic E-state index is 12.7. The molecule has 110 valence electrons. The molecular formula is C15H16FN3O2. The Kier molecular flexibility index (Phi) is 4.26. The van der Waals surface area contributed by atoms with Gasteiger partial charge in [0.2, 0.25) is 5.95 Å². The number of Topliss-reactive ketones (excluding diaryl/α,β-unsaturated/α-hetero) is 2. The Bertz CT molecular complexity index is 660. The van der Waals surface area contributed by atoms with E-state index in [1.54, 1.807) is 20.8 Å². The summed E-state index contributed by atoms with van der Waals surface area (Å²) in [7, 11) is 0. The van der Waals surface area contributed by atoms with Gasteiger partial charge in [0.1, 0.15) is 0 Å². The molecule has 1 aliphatic carbocycles. The van der Waals surface area contributed by atoms with E-state index in [-0.39, 0.29) is 17.5 Å². The third kappa shape index (κ3) is 3.04. The lowest BCUT2D eigenvalue weighted by molar-refractivity contribution is -0.116. The summed E-state index contributed by atoms with van der Waals surface area (Å²) in [5, 5.41) is 2.90. The highest BCUT2D eigenvalue weighted by Gasteiger charge is 2.27. The fourth-order valence-electron chi connectivity index (χ4n) is 2.16. The zero-order valence-corrected chi connectivity index (χ0v) is 12.2. The van der Waals surface area contributed by atoms with Gasteiger partial charge in [0.15, 0.2) is 17.4 Å². The summed E-state index contributed by atoms with van der Waals surface area (Å²) in [6.07, 6.45) is 2.51. The first-order valence-electron chi connectivity index (χ1n) is 6.60. The van der Waals surface area contributed by atoms with Gasteiger partial charge >= 0.3 is 0 Å². The van der Waals surface area contributed by atoms with Crippen LogP contribution in [0.5, 0.6) is 0 Å². The van der Waals surface area contributed by atoms with E-state index in [1.165, 1.54) is 0 Å². The van der Waals surface area contributed by atoms with E-state index < -0.39 is 5.82 Å². The second-order valence-corrected chi connectivity index (χ2v) is 4.91. The van der Waals surface area contributed by atoms with Crippen LogP contribution in [0.15, 0.2) is 34.7 Å². The lowest BCUT2D eigenvalue weighted by atomic mass is 9.84. The number of hydrogen-bond acceptors (Lipinski definition) is 5. The van der Waals surface area contributed by atoms with Crippen molar-refractivity contribution >= 4 is 17.5 Å². The minimum Gasteiger partial charge on any atom is -0.354 e. The zero-order chi connectivity index (χ0) is 15.6. The van der Waals surface area contributed by atoms with E-state index in [0.29, 0.717) is 35.3 Å². The molecule has 21 heavy (non-hydrogen) atoms. The van der Waals surface area contributed by atoms with Crippen molar-refractivity contribution in [3.8, 4) is 0 Å².